The Morgan fingerprint density at radius 3 is 2.56 bits per heavy atom. The van der Waals surface area contributed by atoms with Gasteiger partial charge in [-0.05, 0) is 35.0 Å². The number of hydrogen-bond donors (Lipinski definition) is 0. The van der Waals surface area contributed by atoms with Gasteiger partial charge in [-0.1, -0.05) is 0 Å². The number of pyridine rings is 1. The first-order valence-electron chi connectivity index (χ1n) is 5.18. The normalized spacial score (nSPS) is 11.8. The van der Waals surface area contributed by atoms with E-state index in [1.807, 2.05) is 0 Å². The Kier molecular flexibility index (Phi) is 3.43. The third-order valence-electron chi connectivity index (χ3n) is 2.36. The molecule has 0 amide bonds. The summed E-state index contributed by atoms with van der Waals surface area (Å²) in [7, 11) is 0. The van der Waals surface area contributed by atoms with Gasteiger partial charge in [-0.25, -0.2) is 4.98 Å². The molecule has 0 aliphatic rings. The molecule has 0 radical (unpaired) electrons. The third kappa shape index (κ3) is 2.55. The number of aryl methyl sites for hydroxylation is 1. The highest BCUT2D eigenvalue weighted by molar-refractivity contribution is 9.10. The molecule has 0 saturated heterocycles. The van der Waals surface area contributed by atoms with E-state index in [0.29, 0.717) is 12.2 Å². The standard InChI is InChI=1S/C11H9BrF3N3/c1-2-18-6-9(11(13,14)15)17-10(18)8-4-3-7(12)5-16-8/h3-6H,2H2,1H3. The first-order chi connectivity index (χ1) is 8.41. The van der Waals surface area contributed by atoms with Crippen molar-refractivity contribution in [2.24, 2.45) is 0 Å². The molecular weight excluding hydrogens is 311 g/mol. The fourth-order valence-corrected chi connectivity index (χ4v) is 1.74. The number of aromatic nitrogens is 3. The lowest BCUT2D eigenvalue weighted by atomic mass is 10.3. The highest BCUT2D eigenvalue weighted by Crippen LogP contribution is 2.30. The van der Waals surface area contributed by atoms with E-state index in [1.54, 1.807) is 19.1 Å². The summed E-state index contributed by atoms with van der Waals surface area (Å²) in [5.41, 5.74) is -0.486. The molecule has 0 aliphatic carbocycles. The number of rotatable bonds is 2. The lowest BCUT2D eigenvalue weighted by Gasteiger charge is -2.03. The maximum Gasteiger partial charge on any atom is 0.434 e. The second-order valence-corrected chi connectivity index (χ2v) is 4.51. The van der Waals surface area contributed by atoms with Crippen LogP contribution in [0.3, 0.4) is 0 Å². The van der Waals surface area contributed by atoms with Gasteiger partial charge in [0.15, 0.2) is 11.5 Å². The van der Waals surface area contributed by atoms with Crippen LogP contribution in [0, 0.1) is 0 Å². The molecule has 3 nitrogen and oxygen atoms in total. The van der Waals surface area contributed by atoms with E-state index in [4.69, 9.17) is 0 Å². The van der Waals surface area contributed by atoms with Crippen LogP contribution in [0.15, 0.2) is 29.0 Å². The second-order valence-electron chi connectivity index (χ2n) is 3.60. The Morgan fingerprint density at radius 2 is 2.06 bits per heavy atom. The zero-order valence-electron chi connectivity index (χ0n) is 9.37. The Balaban J connectivity index is 2.50. The number of nitrogens with zero attached hydrogens (tertiary/aromatic N) is 3. The van der Waals surface area contributed by atoms with Gasteiger partial charge in [0.1, 0.15) is 5.69 Å². The Hall–Kier alpha value is -1.37. The van der Waals surface area contributed by atoms with Crippen molar-refractivity contribution >= 4 is 15.9 Å². The predicted octanol–water partition coefficient (Wildman–Crippen LogP) is 3.75. The van der Waals surface area contributed by atoms with Crippen LogP contribution in [-0.4, -0.2) is 14.5 Å². The minimum absolute atomic E-state index is 0.220. The van der Waals surface area contributed by atoms with E-state index in [1.165, 1.54) is 10.8 Å². The molecule has 0 atom stereocenters. The van der Waals surface area contributed by atoms with Gasteiger partial charge in [0.25, 0.3) is 0 Å². The minimum Gasteiger partial charge on any atom is -0.329 e. The summed E-state index contributed by atoms with van der Waals surface area (Å²) in [4.78, 5) is 7.67. The number of alkyl halides is 3. The van der Waals surface area contributed by atoms with Crippen molar-refractivity contribution in [3.63, 3.8) is 0 Å². The van der Waals surface area contributed by atoms with Gasteiger partial charge in [0.2, 0.25) is 0 Å². The van der Waals surface area contributed by atoms with Crippen LogP contribution in [0.25, 0.3) is 11.5 Å². The number of imidazole rings is 1. The van der Waals surface area contributed by atoms with E-state index in [2.05, 4.69) is 25.9 Å². The van der Waals surface area contributed by atoms with Crippen molar-refractivity contribution in [2.45, 2.75) is 19.6 Å². The number of halogens is 4. The van der Waals surface area contributed by atoms with Gasteiger partial charge in [-0.15, -0.1) is 0 Å². The molecule has 0 N–H and O–H groups in total. The molecule has 0 aromatic carbocycles. The van der Waals surface area contributed by atoms with Crippen LogP contribution in [0.2, 0.25) is 0 Å². The van der Waals surface area contributed by atoms with E-state index >= 15 is 0 Å². The van der Waals surface area contributed by atoms with Crippen LogP contribution in [0.1, 0.15) is 12.6 Å². The molecule has 0 aliphatic heterocycles. The SMILES string of the molecule is CCn1cc(C(F)(F)F)nc1-c1ccc(Br)cn1. The summed E-state index contributed by atoms with van der Waals surface area (Å²) >= 11 is 3.22. The first-order valence-corrected chi connectivity index (χ1v) is 5.97. The van der Waals surface area contributed by atoms with E-state index < -0.39 is 11.9 Å². The van der Waals surface area contributed by atoms with Crippen LogP contribution >= 0.6 is 15.9 Å². The molecule has 2 rings (SSSR count). The summed E-state index contributed by atoms with van der Waals surface area (Å²) in [6.45, 7) is 2.15. The zero-order valence-corrected chi connectivity index (χ0v) is 11.0. The molecule has 0 spiro atoms. The maximum absolute atomic E-state index is 12.6. The molecule has 0 bridgehead atoms. The second kappa shape index (κ2) is 4.72. The van der Waals surface area contributed by atoms with E-state index in [-0.39, 0.29) is 5.82 Å². The average molecular weight is 320 g/mol. The van der Waals surface area contributed by atoms with Crippen LogP contribution in [0.5, 0.6) is 0 Å². The summed E-state index contributed by atoms with van der Waals surface area (Å²) in [5, 5.41) is 0. The van der Waals surface area contributed by atoms with Crippen LogP contribution < -0.4 is 0 Å². The Bertz CT molecular complexity index is 546. The topological polar surface area (TPSA) is 30.7 Å². The maximum atomic E-state index is 12.6. The molecule has 2 aromatic rings. The van der Waals surface area contributed by atoms with Crippen molar-refractivity contribution in [1.82, 2.24) is 14.5 Å². The summed E-state index contributed by atoms with van der Waals surface area (Å²) in [6.07, 6.45) is -1.92. The summed E-state index contributed by atoms with van der Waals surface area (Å²) < 4.78 is 40.0. The van der Waals surface area contributed by atoms with Crippen molar-refractivity contribution in [2.75, 3.05) is 0 Å². The van der Waals surface area contributed by atoms with Gasteiger partial charge in [0.05, 0.1) is 0 Å². The molecule has 7 heteroatoms. The molecular formula is C11H9BrF3N3. The minimum atomic E-state index is -4.44. The fraction of sp³-hybridized carbons (Fsp3) is 0.273. The molecule has 96 valence electrons. The van der Waals surface area contributed by atoms with Gasteiger partial charge < -0.3 is 4.57 Å². The molecule has 2 aromatic heterocycles. The largest absolute Gasteiger partial charge is 0.434 e. The lowest BCUT2D eigenvalue weighted by Crippen LogP contribution is -2.05. The smallest absolute Gasteiger partial charge is 0.329 e. The van der Waals surface area contributed by atoms with E-state index in [9.17, 15) is 13.2 Å². The average Bonchev–Trinajstić information content (AvgIpc) is 2.73. The fourth-order valence-electron chi connectivity index (χ4n) is 1.51. The number of hydrogen-bond acceptors (Lipinski definition) is 2. The van der Waals surface area contributed by atoms with Crippen LogP contribution in [0.4, 0.5) is 13.2 Å². The summed E-state index contributed by atoms with van der Waals surface area (Å²) in [6, 6.07) is 3.34. The monoisotopic (exact) mass is 319 g/mol. The van der Waals surface area contributed by atoms with E-state index in [0.717, 1.165) is 10.7 Å². The zero-order chi connectivity index (χ0) is 13.3. The molecule has 0 saturated carbocycles. The lowest BCUT2D eigenvalue weighted by molar-refractivity contribution is -0.140. The first kappa shape index (κ1) is 13.1. The predicted molar refractivity (Wildman–Crippen MR) is 63.8 cm³/mol. The van der Waals surface area contributed by atoms with Gasteiger partial charge in [-0.3, -0.25) is 4.98 Å². The molecule has 2 heterocycles. The summed E-state index contributed by atoms with van der Waals surface area (Å²) in [5.74, 6) is 0.220. The van der Waals surface area contributed by atoms with Crippen molar-refractivity contribution in [3.05, 3.63) is 34.7 Å². The van der Waals surface area contributed by atoms with Crippen molar-refractivity contribution in [1.29, 1.82) is 0 Å². The van der Waals surface area contributed by atoms with Gasteiger partial charge in [0, 0.05) is 23.4 Å². The quantitative estimate of drug-likeness (QED) is 0.844. The highest BCUT2D eigenvalue weighted by Gasteiger charge is 2.34. The Morgan fingerprint density at radius 1 is 1.33 bits per heavy atom. The highest BCUT2D eigenvalue weighted by atomic mass is 79.9. The Labute approximate surface area is 110 Å². The van der Waals surface area contributed by atoms with Crippen molar-refractivity contribution < 1.29 is 13.2 Å². The third-order valence-corrected chi connectivity index (χ3v) is 2.83. The molecule has 0 fully saturated rings. The molecule has 0 unspecified atom stereocenters. The van der Waals surface area contributed by atoms with Gasteiger partial charge >= 0.3 is 6.18 Å². The molecule has 18 heavy (non-hydrogen) atoms. The van der Waals surface area contributed by atoms with Crippen molar-refractivity contribution in [3.8, 4) is 11.5 Å². The van der Waals surface area contributed by atoms with Crippen LogP contribution in [-0.2, 0) is 12.7 Å². The van der Waals surface area contributed by atoms with Gasteiger partial charge in [-0.2, -0.15) is 13.2 Å².